The lowest BCUT2D eigenvalue weighted by atomic mass is 10.2. The third kappa shape index (κ3) is 4.30. The van der Waals surface area contributed by atoms with Gasteiger partial charge >= 0.3 is 0 Å². The maximum atomic E-state index is 12.3. The molecule has 0 aliphatic rings. The van der Waals surface area contributed by atoms with Crippen LogP contribution in [0.2, 0.25) is 0 Å². The van der Waals surface area contributed by atoms with Crippen molar-refractivity contribution in [3.63, 3.8) is 0 Å². The van der Waals surface area contributed by atoms with Gasteiger partial charge in [-0.3, -0.25) is 9.40 Å². The van der Waals surface area contributed by atoms with Crippen LogP contribution in [0.25, 0.3) is 0 Å². The van der Waals surface area contributed by atoms with Gasteiger partial charge in [0.2, 0.25) is 0 Å². The van der Waals surface area contributed by atoms with Crippen molar-refractivity contribution in [3.05, 3.63) is 42.2 Å². The molecule has 0 amide bonds. The van der Waals surface area contributed by atoms with Gasteiger partial charge in [0.15, 0.2) is 0 Å². The van der Waals surface area contributed by atoms with Gasteiger partial charge in [0.25, 0.3) is 10.0 Å². The molecule has 114 valence electrons. The molecule has 0 radical (unpaired) electrons. The average Bonchev–Trinajstić information content (AvgIpc) is 2.81. The number of nitrogens with one attached hydrogen (secondary N) is 2. The van der Waals surface area contributed by atoms with Crippen molar-refractivity contribution in [2.45, 2.75) is 31.3 Å². The third-order valence-electron chi connectivity index (χ3n) is 2.88. The Morgan fingerprint density at radius 1 is 1.33 bits per heavy atom. The zero-order valence-corrected chi connectivity index (χ0v) is 13.2. The quantitative estimate of drug-likeness (QED) is 0.852. The molecule has 2 aromatic rings. The fourth-order valence-corrected chi connectivity index (χ4v) is 2.93. The molecule has 0 aliphatic carbocycles. The summed E-state index contributed by atoms with van der Waals surface area (Å²) in [5.41, 5.74) is 1.38. The molecular formula is C14H20N4O2S. The summed E-state index contributed by atoms with van der Waals surface area (Å²) in [5.74, 6) is 0. The van der Waals surface area contributed by atoms with E-state index in [-0.39, 0.29) is 4.90 Å². The van der Waals surface area contributed by atoms with Crippen LogP contribution in [0.15, 0.2) is 41.6 Å². The van der Waals surface area contributed by atoms with E-state index in [1.165, 1.54) is 6.20 Å². The second kappa shape index (κ2) is 6.28. The van der Waals surface area contributed by atoms with Crippen molar-refractivity contribution >= 4 is 15.7 Å². The van der Waals surface area contributed by atoms with Crippen molar-refractivity contribution < 1.29 is 8.42 Å². The minimum atomic E-state index is -3.59. The first-order valence-electron chi connectivity index (χ1n) is 6.70. The van der Waals surface area contributed by atoms with E-state index < -0.39 is 10.0 Å². The van der Waals surface area contributed by atoms with Crippen LogP contribution >= 0.6 is 0 Å². The number of sulfonamides is 1. The second-order valence-electron chi connectivity index (χ2n) is 5.19. The molecule has 0 aliphatic heterocycles. The zero-order chi connectivity index (χ0) is 15.5. The molecular weight excluding hydrogens is 288 g/mol. The summed E-state index contributed by atoms with van der Waals surface area (Å²) in [6, 6.07) is 7.25. The third-order valence-corrected chi connectivity index (χ3v) is 4.26. The fourth-order valence-electron chi connectivity index (χ4n) is 1.83. The molecule has 1 heterocycles. The number of hydrogen-bond acceptors (Lipinski definition) is 4. The van der Waals surface area contributed by atoms with E-state index in [4.69, 9.17) is 0 Å². The predicted molar refractivity (Wildman–Crippen MR) is 82.4 cm³/mol. The van der Waals surface area contributed by atoms with Crippen LogP contribution in [0, 0.1) is 0 Å². The van der Waals surface area contributed by atoms with E-state index in [0.717, 1.165) is 5.56 Å². The van der Waals surface area contributed by atoms with Gasteiger partial charge in [-0.2, -0.15) is 5.10 Å². The van der Waals surface area contributed by atoms with E-state index in [0.29, 0.717) is 18.3 Å². The Balaban J connectivity index is 2.17. The minimum absolute atomic E-state index is 0.245. The van der Waals surface area contributed by atoms with Gasteiger partial charge < -0.3 is 5.32 Å². The highest BCUT2D eigenvalue weighted by Crippen LogP contribution is 2.16. The first kappa shape index (κ1) is 15.5. The first-order chi connectivity index (χ1) is 9.87. The van der Waals surface area contributed by atoms with Gasteiger partial charge in [0, 0.05) is 25.8 Å². The van der Waals surface area contributed by atoms with Crippen LogP contribution in [-0.4, -0.2) is 24.2 Å². The molecule has 0 saturated carbocycles. The monoisotopic (exact) mass is 308 g/mol. The normalized spacial score (nSPS) is 11.8. The summed E-state index contributed by atoms with van der Waals surface area (Å²) in [4.78, 5) is 0.245. The van der Waals surface area contributed by atoms with Crippen LogP contribution in [0.1, 0.15) is 19.4 Å². The van der Waals surface area contributed by atoms with Crippen molar-refractivity contribution in [1.82, 2.24) is 15.1 Å². The second-order valence-corrected chi connectivity index (χ2v) is 6.87. The predicted octanol–water partition coefficient (Wildman–Crippen LogP) is 1.72. The zero-order valence-electron chi connectivity index (χ0n) is 12.4. The highest BCUT2D eigenvalue weighted by atomic mass is 32.2. The van der Waals surface area contributed by atoms with Gasteiger partial charge in [-0.1, -0.05) is 26.0 Å². The summed E-state index contributed by atoms with van der Waals surface area (Å²) in [6.45, 7) is 4.73. The fraction of sp³-hybridized carbons (Fsp3) is 0.357. The Bertz CT molecular complexity index is 707. The Morgan fingerprint density at radius 2 is 2.10 bits per heavy atom. The van der Waals surface area contributed by atoms with Crippen LogP contribution in [0.4, 0.5) is 5.69 Å². The smallest absolute Gasteiger partial charge is 0.262 e. The highest BCUT2D eigenvalue weighted by molar-refractivity contribution is 7.92. The van der Waals surface area contributed by atoms with Gasteiger partial charge in [0.1, 0.15) is 0 Å². The molecule has 21 heavy (non-hydrogen) atoms. The Kier molecular flexibility index (Phi) is 4.64. The number of anilines is 1. The summed E-state index contributed by atoms with van der Waals surface area (Å²) < 4.78 is 28.7. The van der Waals surface area contributed by atoms with E-state index in [9.17, 15) is 8.42 Å². The Morgan fingerprint density at radius 3 is 2.71 bits per heavy atom. The van der Waals surface area contributed by atoms with E-state index in [1.807, 2.05) is 19.9 Å². The molecule has 0 unspecified atom stereocenters. The van der Waals surface area contributed by atoms with E-state index in [2.05, 4.69) is 15.1 Å². The molecule has 1 aromatic carbocycles. The van der Waals surface area contributed by atoms with Crippen LogP contribution in [-0.2, 0) is 23.6 Å². The molecule has 7 heteroatoms. The molecule has 2 rings (SSSR count). The Labute approximate surface area is 125 Å². The number of rotatable bonds is 6. The summed E-state index contributed by atoms with van der Waals surface area (Å²) in [5, 5.41) is 7.21. The topological polar surface area (TPSA) is 76.0 Å². The minimum Gasteiger partial charge on any atom is -0.310 e. The lowest BCUT2D eigenvalue weighted by Gasteiger charge is -2.10. The standard InChI is InChI=1S/C14H20N4O2S/c1-11(2)15-8-12-5-4-6-14(7-12)21(19,20)17-13-9-16-18(3)10-13/h4-7,9-11,15,17H,8H2,1-3H3. The summed E-state index contributed by atoms with van der Waals surface area (Å²) >= 11 is 0. The van der Waals surface area contributed by atoms with Crippen LogP contribution in [0.3, 0.4) is 0 Å². The summed E-state index contributed by atoms with van der Waals surface area (Å²) in [7, 11) is -1.86. The molecule has 0 spiro atoms. The SMILES string of the molecule is CC(C)NCc1cccc(S(=O)(=O)Nc2cnn(C)c2)c1. The number of hydrogen-bond donors (Lipinski definition) is 2. The van der Waals surface area contributed by atoms with Gasteiger partial charge in [-0.15, -0.1) is 0 Å². The molecule has 0 bridgehead atoms. The molecule has 1 aromatic heterocycles. The van der Waals surface area contributed by atoms with Crippen molar-refractivity contribution in [2.24, 2.45) is 7.05 Å². The summed E-state index contributed by atoms with van der Waals surface area (Å²) in [6.07, 6.45) is 3.09. The molecule has 2 N–H and O–H groups in total. The maximum Gasteiger partial charge on any atom is 0.262 e. The number of aromatic nitrogens is 2. The largest absolute Gasteiger partial charge is 0.310 e. The number of aryl methyl sites for hydroxylation is 1. The lowest BCUT2D eigenvalue weighted by molar-refractivity contribution is 0.587. The molecule has 0 fully saturated rings. The molecule has 6 nitrogen and oxygen atoms in total. The van der Waals surface area contributed by atoms with Crippen molar-refractivity contribution in [1.29, 1.82) is 0 Å². The van der Waals surface area contributed by atoms with Crippen LogP contribution in [0.5, 0.6) is 0 Å². The van der Waals surface area contributed by atoms with Crippen LogP contribution < -0.4 is 10.0 Å². The van der Waals surface area contributed by atoms with E-state index in [1.54, 1.807) is 36.1 Å². The van der Waals surface area contributed by atoms with Crippen molar-refractivity contribution in [3.8, 4) is 0 Å². The number of benzene rings is 1. The highest BCUT2D eigenvalue weighted by Gasteiger charge is 2.15. The maximum absolute atomic E-state index is 12.3. The number of nitrogens with zero attached hydrogens (tertiary/aromatic N) is 2. The Hall–Kier alpha value is -1.86. The van der Waals surface area contributed by atoms with Gasteiger partial charge in [-0.25, -0.2) is 8.42 Å². The average molecular weight is 308 g/mol. The molecule has 0 saturated heterocycles. The molecule has 0 atom stereocenters. The van der Waals surface area contributed by atoms with Crippen molar-refractivity contribution in [2.75, 3.05) is 4.72 Å². The van der Waals surface area contributed by atoms with E-state index >= 15 is 0 Å². The lowest BCUT2D eigenvalue weighted by Crippen LogP contribution is -2.22. The first-order valence-corrected chi connectivity index (χ1v) is 8.19. The van der Waals surface area contributed by atoms with Gasteiger partial charge in [-0.05, 0) is 17.7 Å². The van der Waals surface area contributed by atoms with Gasteiger partial charge in [0.05, 0.1) is 16.8 Å².